The Morgan fingerprint density at radius 1 is 1.03 bits per heavy atom. The third-order valence-corrected chi connectivity index (χ3v) is 6.98. The van der Waals surface area contributed by atoms with Crippen molar-refractivity contribution in [1.29, 1.82) is 0 Å². The SMILES string of the molecule is CN(C(=O)n1cncn1)[C@H]1CCCC[C@H](n2nc(-c3ccc(Oc4ccccc4)cc3)c(C(N)=O)c2N)C1. The number of nitrogen functional groups attached to an aromatic ring is 1. The maximum absolute atomic E-state index is 12.9. The van der Waals surface area contributed by atoms with Gasteiger partial charge in [-0.3, -0.25) is 4.79 Å². The molecule has 4 aromatic rings. The molecule has 0 aliphatic heterocycles. The lowest BCUT2D eigenvalue weighted by molar-refractivity contribution is 0.100. The van der Waals surface area contributed by atoms with Gasteiger partial charge in [0.25, 0.3) is 5.91 Å². The number of anilines is 1. The molecule has 2 atom stereocenters. The van der Waals surface area contributed by atoms with Crippen molar-refractivity contribution in [2.24, 2.45) is 5.73 Å². The first-order valence-electron chi connectivity index (χ1n) is 12.5. The number of rotatable bonds is 6. The molecule has 196 valence electrons. The number of ether oxygens (including phenoxy) is 1. The number of nitrogens with two attached hydrogens (primary N) is 2. The third kappa shape index (κ3) is 5.08. The summed E-state index contributed by atoms with van der Waals surface area (Å²) >= 11 is 0. The van der Waals surface area contributed by atoms with Gasteiger partial charge in [-0.1, -0.05) is 31.0 Å². The Bertz CT molecular complexity index is 1400. The maximum Gasteiger partial charge on any atom is 0.346 e. The van der Waals surface area contributed by atoms with E-state index in [-0.39, 0.29) is 29.5 Å². The van der Waals surface area contributed by atoms with Gasteiger partial charge >= 0.3 is 6.03 Å². The molecule has 0 saturated heterocycles. The molecule has 2 aromatic carbocycles. The van der Waals surface area contributed by atoms with Crippen LogP contribution in [0, 0.1) is 0 Å². The Kier molecular flexibility index (Phi) is 7.07. The van der Waals surface area contributed by atoms with Crippen LogP contribution >= 0.6 is 0 Å². The van der Waals surface area contributed by atoms with E-state index >= 15 is 0 Å². The molecule has 11 heteroatoms. The van der Waals surface area contributed by atoms with Crippen LogP contribution in [0.1, 0.15) is 48.5 Å². The number of benzene rings is 2. The van der Waals surface area contributed by atoms with Gasteiger partial charge in [-0.25, -0.2) is 14.5 Å². The minimum Gasteiger partial charge on any atom is -0.457 e. The van der Waals surface area contributed by atoms with E-state index in [9.17, 15) is 9.59 Å². The normalized spacial score (nSPS) is 17.5. The minimum atomic E-state index is -0.642. The van der Waals surface area contributed by atoms with Gasteiger partial charge in [0.05, 0.1) is 6.04 Å². The molecule has 5 rings (SSSR count). The Hall–Kier alpha value is -4.67. The summed E-state index contributed by atoms with van der Waals surface area (Å²) in [5.41, 5.74) is 13.6. The van der Waals surface area contributed by atoms with E-state index in [4.69, 9.17) is 21.3 Å². The minimum absolute atomic E-state index is 0.0577. The molecule has 1 saturated carbocycles. The van der Waals surface area contributed by atoms with E-state index in [0.29, 0.717) is 23.4 Å². The van der Waals surface area contributed by atoms with Crippen molar-refractivity contribution in [3.8, 4) is 22.8 Å². The fourth-order valence-electron chi connectivity index (χ4n) is 4.98. The summed E-state index contributed by atoms with van der Waals surface area (Å²) in [6.07, 6.45) is 6.90. The second kappa shape index (κ2) is 10.8. The van der Waals surface area contributed by atoms with Crippen LogP contribution in [-0.2, 0) is 0 Å². The first kappa shape index (κ1) is 25.0. The van der Waals surface area contributed by atoms with Gasteiger partial charge in [0, 0.05) is 18.7 Å². The van der Waals surface area contributed by atoms with Crippen molar-refractivity contribution < 1.29 is 14.3 Å². The smallest absolute Gasteiger partial charge is 0.346 e. The topological polar surface area (TPSA) is 147 Å². The highest BCUT2D eigenvalue weighted by Crippen LogP contribution is 2.36. The van der Waals surface area contributed by atoms with E-state index in [1.165, 1.54) is 17.3 Å². The highest BCUT2D eigenvalue weighted by molar-refractivity contribution is 6.03. The van der Waals surface area contributed by atoms with E-state index in [1.807, 2.05) is 54.6 Å². The molecule has 0 spiro atoms. The Morgan fingerprint density at radius 2 is 1.74 bits per heavy atom. The number of carbonyl (C=O) groups is 2. The van der Waals surface area contributed by atoms with E-state index in [2.05, 4.69) is 10.1 Å². The summed E-state index contributed by atoms with van der Waals surface area (Å²) in [6.45, 7) is 0. The number of para-hydroxylation sites is 1. The lowest BCUT2D eigenvalue weighted by Crippen LogP contribution is -2.40. The molecule has 0 radical (unpaired) electrons. The van der Waals surface area contributed by atoms with Crippen LogP contribution < -0.4 is 16.2 Å². The summed E-state index contributed by atoms with van der Waals surface area (Å²) in [5.74, 6) is 0.964. The number of hydrogen-bond acceptors (Lipinski definition) is 7. The van der Waals surface area contributed by atoms with Gasteiger partial charge < -0.3 is 21.1 Å². The van der Waals surface area contributed by atoms with Crippen molar-refractivity contribution in [2.75, 3.05) is 12.8 Å². The van der Waals surface area contributed by atoms with Crippen molar-refractivity contribution in [3.05, 3.63) is 72.8 Å². The summed E-state index contributed by atoms with van der Waals surface area (Å²) < 4.78 is 8.80. The number of amides is 2. The zero-order valence-electron chi connectivity index (χ0n) is 21.1. The Balaban J connectivity index is 1.41. The molecule has 1 aliphatic rings. The zero-order chi connectivity index (χ0) is 26.6. The molecule has 38 heavy (non-hydrogen) atoms. The molecule has 0 bridgehead atoms. The van der Waals surface area contributed by atoms with Crippen LogP contribution in [0.4, 0.5) is 10.6 Å². The average Bonchev–Trinajstić information content (AvgIpc) is 3.51. The second-order valence-corrected chi connectivity index (χ2v) is 9.42. The van der Waals surface area contributed by atoms with Crippen molar-refractivity contribution in [1.82, 2.24) is 29.4 Å². The molecule has 11 nitrogen and oxygen atoms in total. The number of primary amides is 1. The Morgan fingerprint density at radius 3 is 2.42 bits per heavy atom. The van der Waals surface area contributed by atoms with Crippen molar-refractivity contribution in [2.45, 2.75) is 44.2 Å². The van der Waals surface area contributed by atoms with Gasteiger partial charge in [0.1, 0.15) is 41.2 Å². The van der Waals surface area contributed by atoms with Gasteiger partial charge in [0.15, 0.2) is 0 Å². The van der Waals surface area contributed by atoms with Gasteiger partial charge in [0.2, 0.25) is 0 Å². The summed E-state index contributed by atoms with van der Waals surface area (Å²) in [7, 11) is 1.77. The molecular weight excluding hydrogens is 484 g/mol. The van der Waals surface area contributed by atoms with Crippen LogP contribution in [0.5, 0.6) is 11.5 Å². The third-order valence-electron chi connectivity index (χ3n) is 6.98. The monoisotopic (exact) mass is 514 g/mol. The zero-order valence-corrected chi connectivity index (χ0v) is 21.1. The predicted molar refractivity (Wildman–Crippen MR) is 142 cm³/mol. The summed E-state index contributed by atoms with van der Waals surface area (Å²) in [4.78, 5) is 30.9. The quantitative estimate of drug-likeness (QED) is 0.368. The fraction of sp³-hybridized carbons (Fsp3) is 0.296. The highest BCUT2D eigenvalue weighted by Gasteiger charge is 2.31. The fourth-order valence-corrected chi connectivity index (χ4v) is 4.98. The first-order valence-corrected chi connectivity index (χ1v) is 12.5. The van der Waals surface area contributed by atoms with Gasteiger partial charge in [-0.15, -0.1) is 0 Å². The molecule has 1 aliphatic carbocycles. The molecule has 2 heterocycles. The highest BCUT2D eigenvalue weighted by atomic mass is 16.5. The first-order chi connectivity index (χ1) is 18.4. The molecule has 2 aromatic heterocycles. The van der Waals surface area contributed by atoms with E-state index in [1.54, 1.807) is 16.6 Å². The predicted octanol–water partition coefficient (Wildman–Crippen LogP) is 4.09. The van der Waals surface area contributed by atoms with Crippen LogP contribution in [-0.4, -0.2) is 54.5 Å². The summed E-state index contributed by atoms with van der Waals surface area (Å²) in [6, 6.07) is 16.3. The number of aromatic nitrogens is 5. The second-order valence-electron chi connectivity index (χ2n) is 9.42. The summed E-state index contributed by atoms with van der Waals surface area (Å²) in [5, 5.41) is 8.75. The van der Waals surface area contributed by atoms with Crippen LogP contribution in [0.3, 0.4) is 0 Å². The lowest BCUT2D eigenvalue weighted by Gasteiger charge is -2.29. The molecule has 0 unspecified atom stereocenters. The van der Waals surface area contributed by atoms with E-state index < -0.39 is 5.91 Å². The number of hydrogen-bond donors (Lipinski definition) is 2. The largest absolute Gasteiger partial charge is 0.457 e. The lowest BCUT2D eigenvalue weighted by atomic mass is 10.0. The number of nitrogens with zero attached hydrogens (tertiary/aromatic N) is 6. The standard InChI is InChI=1S/C27H30N8O3/c1-33(27(37)34-17-30-16-31-34)19-7-5-6-8-20(15-19)35-25(28)23(26(29)36)24(32-35)18-11-13-22(14-12-18)38-21-9-3-2-4-10-21/h2-4,9-14,16-17,19-20H,5-8,15,28H2,1H3,(H2,29,36)/t19-,20-/m0/s1. The van der Waals surface area contributed by atoms with Gasteiger partial charge in [-0.05, 0) is 55.7 Å². The molecule has 4 N–H and O–H groups in total. The molecular formula is C27H30N8O3. The molecule has 1 fully saturated rings. The van der Waals surface area contributed by atoms with Crippen molar-refractivity contribution >= 4 is 17.8 Å². The van der Waals surface area contributed by atoms with Crippen LogP contribution in [0.25, 0.3) is 11.3 Å². The Labute approximate surface area is 220 Å². The van der Waals surface area contributed by atoms with E-state index in [0.717, 1.165) is 31.4 Å². The van der Waals surface area contributed by atoms with Gasteiger partial charge in [-0.2, -0.15) is 14.9 Å². The number of carbonyl (C=O) groups excluding carboxylic acids is 2. The average molecular weight is 515 g/mol. The van der Waals surface area contributed by atoms with Crippen molar-refractivity contribution in [3.63, 3.8) is 0 Å². The molecule has 2 amide bonds. The van der Waals surface area contributed by atoms with Crippen LogP contribution in [0.2, 0.25) is 0 Å². The van der Waals surface area contributed by atoms with Crippen LogP contribution in [0.15, 0.2) is 67.3 Å². The maximum atomic E-state index is 12.9.